The van der Waals surface area contributed by atoms with E-state index in [1.807, 2.05) is 6.07 Å². The predicted molar refractivity (Wildman–Crippen MR) is 137 cm³/mol. The predicted octanol–water partition coefficient (Wildman–Crippen LogP) is 2.63. The molecular formula is C29H44N2O5. The van der Waals surface area contributed by atoms with Crippen molar-refractivity contribution in [1.82, 2.24) is 10.2 Å². The van der Waals surface area contributed by atoms with Gasteiger partial charge in [-0.2, -0.15) is 0 Å². The Morgan fingerprint density at radius 2 is 1.81 bits per heavy atom. The van der Waals surface area contributed by atoms with E-state index in [1.54, 1.807) is 6.26 Å². The number of nitrogens with zero attached hydrogens (tertiary/aromatic N) is 1. The van der Waals surface area contributed by atoms with Crippen molar-refractivity contribution in [3.05, 3.63) is 34.4 Å². The van der Waals surface area contributed by atoms with E-state index in [-0.39, 0.29) is 40.9 Å². The van der Waals surface area contributed by atoms with Gasteiger partial charge in [0, 0.05) is 43.2 Å². The molecule has 9 atom stereocenters. The Morgan fingerprint density at radius 3 is 2.56 bits per heavy atom. The maximum Gasteiger partial charge on any atom is 0.335 e. The Kier molecular flexibility index (Phi) is 6.01. The lowest BCUT2D eigenvalue weighted by atomic mass is 9.41. The van der Waals surface area contributed by atoms with Crippen molar-refractivity contribution in [2.75, 3.05) is 26.2 Å². The maximum absolute atomic E-state index is 12.4. The highest BCUT2D eigenvalue weighted by molar-refractivity contribution is 5.28. The summed E-state index contributed by atoms with van der Waals surface area (Å²) in [6.45, 7) is 7.39. The van der Waals surface area contributed by atoms with Crippen LogP contribution in [-0.4, -0.2) is 69.7 Å². The molecule has 1 aromatic rings. The summed E-state index contributed by atoms with van der Waals surface area (Å²) in [6.07, 6.45) is 9.59. The van der Waals surface area contributed by atoms with Crippen molar-refractivity contribution in [1.29, 1.82) is 0 Å². The van der Waals surface area contributed by atoms with Crippen LogP contribution in [0.4, 0.5) is 0 Å². The summed E-state index contributed by atoms with van der Waals surface area (Å²) in [5, 5.41) is 38.1. The molecule has 0 radical (unpaired) electrons. The summed E-state index contributed by atoms with van der Waals surface area (Å²) in [6, 6.07) is 3.82. The van der Waals surface area contributed by atoms with Crippen molar-refractivity contribution in [2.24, 2.45) is 22.7 Å². The highest BCUT2D eigenvalue weighted by atomic mass is 16.4. The first kappa shape index (κ1) is 25.1. The van der Waals surface area contributed by atoms with Crippen LogP contribution >= 0.6 is 0 Å². The minimum absolute atomic E-state index is 0.127. The second-order valence-electron chi connectivity index (χ2n) is 13.2. The Labute approximate surface area is 214 Å². The van der Waals surface area contributed by atoms with Crippen molar-refractivity contribution in [3.63, 3.8) is 0 Å². The van der Waals surface area contributed by atoms with Gasteiger partial charge in [-0.25, -0.2) is 4.79 Å². The summed E-state index contributed by atoms with van der Waals surface area (Å²) in [5.74, 6) is 0.669. The number of hydrogen-bond acceptors (Lipinski definition) is 7. The Bertz CT molecular complexity index is 1030. The van der Waals surface area contributed by atoms with Gasteiger partial charge in [0.1, 0.15) is 0 Å². The Balaban J connectivity index is 1.26. The topological polar surface area (TPSA) is 106 Å². The minimum Gasteiger partial charge on any atom is -0.431 e. The SMILES string of the molecule is C[C@]12CC[C@H](N3CCNC[C@@H]3CO)C[C@@]1(O)CC[C@@H]1[C@@H]2CC[C@]2(C)[C@@H](c3ccc(=O)oc3)CC[C@]12O. The number of hydrogen-bond donors (Lipinski definition) is 4. The number of fused-ring (bicyclic) bond motifs is 5. The molecule has 5 aliphatic rings. The molecule has 0 unspecified atom stereocenters. The number of aliphatic hydroxyl groups excluding tert-OH is 1. The summed E-state index contributed by atoms with van der Waals surface area (Å²) in [4.78, 5) is 14.0. The maximum atomic E-state index is 12.4. The molecule has 7 heteroatoms. The van der Waals surface area contributed by atoms with E-state index in [1.165, 1.54) is 6.07 Å². The monoisotopic (exact) mass is 500 g/mol. The van der Waals surface area contributed by atoms with Gasteiger partial charge in [-0.05, 0) is 92.6 Å². The van der Waals surface area contributed by atoms with Crippen molar-refractivity contribution >= 4 is 0 Å². The van der Waals surface area contributed by atoms with Gasteiger partial charge < -0.3 is 25.1 Å². The molecule has 4 N–H and O–H groups in total. The molecule has 0 bridgehead atoms. The van der Waals surface area contributed by atoms with E-state index in [0.29, 0.717) is 12.0 Å². The molecule has 1 saturated heterocycles. The highest BCUT2D eigenvalue weighted by Gasteiger charge is 2.70. The smallest absolute Gasteiger partial charge is 0.335 e. The van der Waals surface area contributed by atoms with Crippen LogP contribution in [-0.2, 0) is 0 Å². The summed E-state index contributed by atoms with van der Waals surface area (Å²) >= 11 is 0. The molecule has 5 fully saturated rings. The van der Waals surface area contributed by atoms with E-state index in [0.717, 1.165) is 83.0 Å². The Hall–Kier alpha value is -1.25. The van der Waals surface area contributed by atoms with Crippen LogP contribution < -0.4 is 10.9 Å². The van der Waals surface area contributed by atoms with Crippen molar-refractivity contribution in [2.45, 2.75) is 101 Å². The normalized spacial score (nSPS) is 49.2. The van der Waals surface area contributed by atoms with Gasteiger partial charge in [-0.3, -0.25) is 4.90 Å². The first-order chi connectivity index (χ1) is 17.2. The molecule has 4 saturated carbocycles. The highest BCUT2D eigenvalue weighted by Crippen LogP contribution is 2.71. The largest absolute Gasteiger partial charge is 0.431 e. The van der Waals surface area contributed by atoms with Gasteiger partial charge >= 0.3 is 5.63 Å². The zero-order valence-corrected chi connectivity index (χ0v) is 21.9. The molecule has 0 amide bonds. The van der Waals surface area contributed by atoms with E-state index in [9.17, 15) is 20.1 Å². The van der Waals surface area contributed by atoms with Crippen LogP contribution in [0.2, 0.25) is 0 Å². The molecule has 6 rings (SSSR count). The van der Waals surface area contributed by atoms with Crippen LogP contribution in [0.15, 0.2) is 27.6 Å². The standard InChI is InChI=1S/C29H44N2O5/c1-26-9-5-20(31-14-13-30-16-21(31)17-32)15-28(26,34)11-7-24-23(26)6-10-27(2)22(8-12-29(24,27)35)19-3-4-25(33)36-18-19/h3-4,18,20-24,30,32,34-35H,5-17H2,1-2H3/t20-,21+,22+,23-,24+,26+,27+,28-,29-/m0/s1. The number of nitrogens with one attached hydrogen (secondary N) is 1. The molecule has 200 valence electrons. The summed E-state index contributed by atoms with van der Waals surface area (Å²) in [5.41, 5.74) is -1.26. The zero-order valence-electron chi connectivity index (χ0n) is 21.9. The molecular weight excluding hydrogens is 456 g/mol. The molecule has 36 heavy (non-hydrogen) atoms. The van der Waals surface area contributed by atoms with Gasteiger partial charge in [-0.1, -0.05) is 13.8 Å². The second-order valence-corrected chi connectivity index (χ2v) is 13.2. The number of piperazine rings is 1. The molecule has 1 aromatic heterocycles. The van der Waals surface area contributed by atoms with Crippen LogP contribution in [0.5, 0.6) is 0 Å². The number of aliphatic hydroxyl groups is 3. The average molecular weight is 501 g/mol. The third-order valence-electron chi connectivity index (χ3n) is 12.2. The molecule has 0 aromatic carbocycles. The average Bonchev–Trinajstić information content (AvgIpc) is 3.16. The quantitative estimate of drug-likeness (QED) is 0.506. The van der Waals surface area contributed by atoms with Gasteiger partial charge in [0.2, 0.25) is 0 Å². The molecule has 7 nitrogen and oxygen atoms in total. The van der Waals surface area contributed by atoms with Gasteiger partial charge in [0.25, 0.3) is 0 Å². The van der Waals surface area contributed by atoms with Crippen LogP contribution in [0, 0.1) is 22.7 Å². The lowest BCUT2D eigenvalue weighted by Gasteiger charge is -2.66. The number of rotatable bonds is 3. The van der Waals surface area contributed by atoms with Crippen LogP contribution in [0.3, 0.4) is 0 Å². The van der Waals surface area contributed by atoms with E-state index >= 15 is 0 Å². The fourth-order valence-electron chi connectivity index (χ4n) is 10.0. The first-order valence-corrected chi connectivity index (χ1v) is 14.3. The van der Waals surface area contributed by atoms with Crippen LogP contribution in [0.1, 0.15) is 83.1 Å². The van der Waals surface area contributed by atoms with Crippen molar-refractivity contribution in [3.8, 4) is 0 Å². The fraction of sp³-hybridized carbons (Fsp3) is 0.828. The molecule has 0 spiro atoms. The summed E-state index contributed by atoms with van der Waals surface area (Å²) < 4.78 is 5.22. The zero-order chi connectivity index (χ0) is 25.3. The van der Waals surface area contributed by atoms with Gasteiger partial charge in [0.05, 0.1) is 24.1 Å². The third-order valence-corrected chi connectivity index (χ3v) is 12.2. The van der Waals surface area contributed by atoms with E-state index in [4.69, 9.17) is 4.42 Å². The minimum atomic E-state index is -0.765. The van der Waals surface area contributed by atoms with E-state index in [2.05, 4.69) is 24.1 Å². The third kappa shape index (κ3) is 3.39. The van der Waals surface area contributed by atoms with E-state index < -0.39 is 11.2 Å². The lowest BCUT2D eigenvalue weighted by molar-refractivity contribution is -0.251. The molecule has 4 aliphatic carbocycles. The lowest BCUT2D eigenvalue weighted by Crippen LogP contribution is -2.69. The van der Waals surface area contributed by atoms with Gasteiger partial charge in [-0.15, -0.1) is 0 Å². The molecule has 1 aliphatic heterocycles. The molecule has 2 heterocycles. The Morgan fingerprint density at radius 1 is 1.03 bits per heavy atom. The van der Waals surface area contributed by atoms with Crippen molar-refractivity contribution < 1.29 is 19.7 Å². The van der Waals surface area contributed by atoms with Gasteiger partial charge in [0.15, 0.2) is 0 Å². The second kappa shape index (κ2) is 8.63. The first-order valence-electron chi connectivity index (χ1n) is 14.3. The summed E-state index contributed by atoms with van der Waals surface area (Å²) in [7, 11) is 0. The van der Waals surface area contributed by atoms with Crippen LogP contribution in [0.25, 0.3) is 0 Å². The fourth-order valence-corrected chi connectivity index (χ4v) is 10.0.